The van der Waals surface area contributed by atoms with Gasteiger partial charge in [-0.15, -0.1) is 0 Å². The van der Waals surface area contributed by atoms with Crippen molar-refractivity contribution in [3.63, 3.8) is 0 Å². The van der Waals surface area contributed by atoms with Gasteiger partial charge < -0.3 is 15.4 Å². The predicted octanol–water partition coefficient (Wildman–Crippen LogP) is 21.1. The summed E-state index contributed by atoms with van der Waals surface area (Å²) in [5.74, 6) is 0.364. The third kappa shape index (κ3) is 44.4. The lowest BCUT2D eigenvalue weighted by molar-refractivity contribution is 0.0937. The first-order valence-electron chi connectivity index (χ1n) is 31.5. The molecule has 0 saturated carbocycles. The Labute approximate surface area is 431 Å². The van der Waals surface area contributed by atoms with Crippen molar-refractivity contribution >= 4 is 11.8 Å². The molecule has 0 unspecified atom stereocenters. The average Bonchev–Trinajstić information content (AvgIpc) is 3.36. The van der Waals surface area contributed by atoms with Crippen molar-refractivity contribution in [1.29, 1.82) is 0 Å². The first-order chi connectivity index (χ1) is 34.1. The molecular weight excluding hydrogens is 845 g/mol. The zero-order valence-electron chi connectivity index (χ0n) is 46.9. The summed E-state index contributed by atoms with van der Waals surface area (Å²) in [4.78, 5) is 26.6. The van der Waals surface area contributed by atoms with Crippen LogP contribution in [0, 0.1) is 0 Å². The van der Waals surface area contributed by atoms with Crippen LogP contribution in [-0.4, -0.2) is 31.5 Å². The lowest BCUT2D eigenvalue weighted by Gasteiger charge is -2.14. The number of nitrogens with one attached hydrogen (secondary N) is 2. The van der Waals surface area contributed by atoms with Gasteiger partial charge in [-0.2, -0.15) is 0 Å². The second-order valence-electron chi connectivity index (χ2n) is 21.7. The molecule has 0 fully saturated rings. The van der Waals surface area contributed by atoms with Gasteiger partial charge in [0.1, 0.15) is 5.75 Å². The van der Waals surface area contributed by atoms with Crippen LogP contribution in [0.4, 0.5) is 0 Å². The van der Waals surface area contributed by atoms with Crippen molar-refractivity contribution < 1.29 is 14.3 Å². The van der Waals surface area contributed by atoms with E-state index in [9.17, 15) is 9.59 Å². The number of ether oxygens (including phenoxy) is 1. The largest absolute Gasteiger partial charge is 0.493 e. The Hall–Kier alpha value is -2.04. The molecule has 0 aromatic heterocycles. The maximum atomic E-state index is 13.4. The minimum Gasteiger partial charge on any atom is -0.493 e. The van der Waals surface area contributed by atoms with Crippen molar-refractivity contribution in [2.75, 3.05) is 19.7 Å². The number of hydrogen-bond donors (Lipinski definition) is 2. The van der Waals surface area contributed by atoms with E-state index in [4.69, 9.17) is 4.74 Å². The summed E-state index contributed by atoms with van der Waals surface area (Å²) >= 11 is 0. The molecule has 69 heavy (non-hydrogen) atoms. The maximum absolute atomic E-state index is 13.4. The highest BCUT2D eigenvalue weighted by molar-refractivity contribution is 6.00. The van der Waals surface area contributed by atoms with Crippen LogP contribution < -0.4 is 15.4 Å². The van der Waals surface area contributed by atoms with E-state index in [0.717, 1.165) is 38.5 Å². The quantitative estimate of drug-likeness (QED) is 0.0639. The van der Waals surface area contributed by atoms with Crippen molar-refractivity contribution in [3.8, 4) is 5.75 Å². The standard InChI is InChI=1S/C64H120N2O3/c1-4-7-10-13-16-19-21-23-25-27-29-31-33-35-37-39-41-43-45-48-51-56-65-63(67)60-54-55-61(62(59-60)69-58-53-50-47-18-15-12-9-6-3)64(68)66-57-52-49-46-44-42-40-38-36-34-32-30-28-26-24-22-20-17-14-11-8-5-2/h54-55,59H,4-53,56-58H2,1-3H3,(H,65,67)(H,66,68). The Morgan fingerprint density at radius 3 is 0.855 bits per heavy atom. The first-order valence-corrected chi connectivity index (χ1v) is 31.5. The van der Waals surface area contributed by atoms with Gasteiger partial charge in [-0.3, -0.25) is 9.59 Å². The van der Waals surface area contributed by atoms with Gasteiger partial charge in [-0.25, -0.2) is 0 Å². The summed E-state index contributed by atoms with van der Waals surface area (Å²) in [6, 6.07) is 5.39. The lowest BCUT2D eigenvalue weighted by atomic mass is 10.0. The Balaban J connectivity index is 2.22. The number of amides is 2. The normalized spacial score (nSPS) is 11.4. The molecule has 0 heterocycles. The minimum absolute atomic E-state index is 0.0772. The lowest BCUT2D eigenvalue weighted by Crippen LogP contribution is -2.26. The Morgan fingerprint density at radius 1 is 0.319 bits per heavy atom. The van der Waals surface area contributed by atoms with Crippen LogP contribution in [0.5, 0.6) is 5.75 Å². The molecule has 5 nitrogen and oxygen atoms in total. The molecule has 0 bridgehead atoms. The van der Waals surface area contributed by atoms with Crippen LogP contribution in [-0.2, 0) is 0 Å². The van der Waals surface area contributed by atoms with Gasteiger partial charge >= 0.3 is 0 Å². The summed E-state index contributed by atoms with van der Waals surface area (Å²) in [5, 5.41) is 6.30. The van der Waals surface area contributed by atoms with E-state index in [1.54, 1.807) is 18.2 Å². The summed E-state index contributed by atoms with van der Waals surface area (Å²) in [5.41, 5.74) is 1.12. The van der Waals surface area contributed by atoms with Gasteiger partial charge in [0.15, 0.2) is 0 Å². The molecule has 0 saturated heterocycles. The molecule has 0 radical (unpaired) electrons. The molecule has 0 aliphatic carbocycles. The fourth-order valence-electron chi connectivity index (χ4n) is 10.1. The van der Waals surface area contributed by atoms with Crippen molar-refractivity contribution in [2.24, 2.45) is 0 Å². The summed E-state index contributed by atoms with van der Waals surface area (Å²) in [6.45, 7) is 8.79. The number of hydrogen-bond acceptors (Lipinski definition) is 3. The highest BCUT2D eigenvalue weighted by Gasteiger charge is 2.16. The summed E-state index contributed by atoms with van der Waals surface area (Å²) < 4.78 is 6.26. The van der Waals surface area contributed by atoms with E-state index in [2.05, 4.69) is 31.4 Å². The van der Waals surface area contributed by atoms with Crippen LogP contribution >= 0.6 is 0 Å². The minimum atomic E-state index is -0.0966. The van der Waals surface area contributed by atoms with Crippen LogP contribution in [0.1, 0.15) is 363 Å². The first kappa shape index (κ1) is 65.0. The number of benzene rings is 1. The second kappa shape index (κ2) is 53.8. The highest BCUT2D eigenvalue weighted by Crippen LogP contribution is 2.23. The maximum Gasteiger partial charge on any atom is 0.255 e. The third-order valence-corrected chi connectivity index (χ3v) is 14.9. The van der Waals surface area contributed by atoms with Crippen LogP contribution in [0.15, 0.2) is 18.2 Å². The van der Waals surface area contributed by atoms with E-state index in [1.807, 2.05) is 0 Å². The van der Waals surface area contributed by atoms with Gasteiger partial charge in [0.25, 0.3) is 11.8 Å². The molecule has 0 aliphatic rings. The van der Waals surface area contributed by atoms with E-state index in [-0.39, 0.29) is 11.8 Å². The topological polar surface area (TPSA) is 67.4 Å². The van der Waals surface area contributed by atoms with Gasteiger partial charge in [0, 0.05) is 18.7 Å². The number of unbranched alkanes of at least 4 members (excludes halogenated alkanes) is 47. The average molecular weight is 966 g/mol. The van der Waals surface area contributed by atoms with E-state index in [1.165, 1.54) is 283 Å². The van der Waals surface area contributed by atoms with Gasteiger partial charge in [0.05, 0.1) is 12.2 Å². The fourth-order valence-corrected chi connectivity index (χ4v) is 10.1. The van der Waals surface area contributed by atoms with E-state index >= 15 is 0 Å². The number of rotatable bonds is 56. The summed E-state index contributed by atoms with van der Waals surface area (Å²) in [6.07, 6.45) is 67.5. The highest BCUT2D eigenvalue weighted by atomic mass is 16.5. The monoisotopic (exact) mass is 965 g/mol. The molecule has 404 valence electrons. The smallest absolute Gasteiger partial charge is 0.255 e. The molecule has 2 amide bonds. The third-order valence-electron chi connectivity index (χ3n) is 14.9. The molecular formula is C64H120N2O3. The van der Waals surface area contributed by atoms with Gasteiger partial charge in [-0.05, 0) is 37.5 Å². The van der Waals surface area contributed by atoms with E-state index in [0.29, 0.717) is 36.6 Å². The Morgan fingerprint density at radius 2 is 0.565 bits per heavy atom. The summed E-state index contributed by atoms with van der Waals surface area (Å²) in [7, 11) is 0. The fraction of sp³-hybridized carbons (Fsp3) is 0.875. The Bertz CT molecular complexity index is 1220. The molecule has 1 aromatic rings. The number of carbonyl (C=O) groups is 2. The zero-order valence-corrected chi connectivity index (χ0v) is 46.9. The zero-order chi connectivity index (χ0) is 49.6. The van der Waals surface area contributed by atoms with Crippen molar-refractivity contribution in [2.45, 2.75) is 342 Å². The SMILES string of the molecule is CCCCCCCCCCCCCCCCCCCCCCCNC(=O)c1ccc(C(=O)NCCCCCCCCCCCCCCCCCCCCCCC)c(OCCCCCCCCCC)c1. The van der Waals surface area contributed by atoms with Crippen molar-refractivity contribution in [1.82, 2.24) is 10.6 Å². The molecule has 0 spiro atoms. The predicted molar refractivity (Wildman–Crippen MR) is 304 cm³/mol. The van der Waals surface area contributed by atoms with E-state index < -0.39 is 0 Å². The molecule has 1 aromatic carbocycles. The molecule has 1 rings (SSSR count). The Kier molecular flexibility index (Phi) is 50.6. The van der Waals surface area contributed by atoms with Crippen LogP contribution in [0.3, 0.4) is 0 Å². The molecule has 0 atom stereocenters. The van der Waals surface area contributed by atoms with Gasteiger partial charge in [0.2, 0.25) is 0 Å². The van der Waals surface area contributed by atoms with Gasteiger partial charge in [-0.1, -0.05) is 323 Å². The van der Waals surface area contributed by atoms with Crippen LogP contribution in [0.2, 0.25) is 0 Å². The second-order valence-corrected chi connectivity index (χ2v) is 21.7. The molecule has 2 N–H and O–H groups in total. The molecule has 5 heteroatoms. The number of carbonyl (C=O) groups excluding carboxylic acids is 2. The van der Waals surface area contributed by atoms with Crippen molar-refractivity contribution in [3.05, 3.63) is 29.3 Å². The van der Waals surface area contributed by atoms with Crippen LogP contribution in [0.25, 0.3) is 0 Å². The molecule has 0 aliphatic heterocycles.